The van der Waals surface area contributed by atoms with E-state index >= 15 is 0 Å². The van der Waals surface area contributed by atoms with Crippen LogP contribution in [0.5, 0.6) is 0 Å². The molecule has 0 unspecified atom stereocenters. The third kappa shape index (κ3) is 2.86. The molecule has 0 bridgehead atoms. The second kappa shape index (κ2) is 5.27. The van der Waals surface area contributed by atoms with Gasteiger partial charge in [0.15, 0.2) is 10.1 Å². The smallest absolute Gasteiger partial charge is 0.195 e. The quantitative estimate of drug-likeness (QED) is 0.908. The Morgan fingerprint density at radius 3 is 3.11 bits per heavy atom. The summed E-state index contributed by atoms with van der Waals surface area (Å²) >= 11 is 7.85. The molecule has 3 nitrogen and oxygen atoms in total. The second-order valence-corrected chi connectivity index (χ2v) is 6.60. The van der Waals surface area contributed by atoms with Gasteiger partial charge in [-0.2, -0.15) is 0 Å². The fourth-order valence-electron chi connectivity index (χ4n) is 2.05. The lowest BCUT2D eigenvalue weighted by atomic mass is 10.0. The van der Waals surface area contributed by atoms with E-state index in [1.165, 1.54) is 18.4 Å². The molecule has 0 spiro atoms. The SMILES string of the molecule is CC(C)C(=Cc1c(Cl)nc2sccn12)CNC1CC1. The van der Waals surface area contributed by atoms with Crippen molar-refractivity contribution in [3.8, 4) is 0 Å². The van der Waals surface area contributed by atoms with Crippen molar-refractivity contribution in [2.45, 2.75) is 32.7 Å². The van der Waals surface area contributed by atoms with Crippen LogP contribution in [0.3, 0.4) is 0 Å². The highest BCUT2D eigenvalue weighted by molar-refractivity contribution is 7.15. The fourth-order valence-corrected chi connectivity index (χ4v) is 3.05. The molecule has 2 aromatic heterocycles. The van der Waals surface area contributed by atoms with Gasteiger partial charge in [0.05, 0.1) is 5.69 Å². The monoisotopic (exact) mass is 295 g/mol. The Hall–Kier alpha value is -0.840. The number of fused-ring (bicyclic) bond motifs is 1. The summed E-state index contributed by atoms with van der Waals surface area (Å²) in [5.41, 5.74) is 2.38. The summed E-state index contributed by atoms with van der Waals surface area (Å²) < 4.78 is 2.06. The van der Waals surface area contributed by atoms with E-state index in [0.717, 1.165) is 23.2 Å². The summed E-state index contributed by atoms with van der Waals surface area (Å²) in [4.78, 5) is 5.33. The normalized spacial score (nSPS) is 16.7. The highest BCUT2D eigenvalue weighted by Gasteiger charge is 2.21. The molecule has 1 aliphatic rings. The second-order valence-electron chi connectivity index (χ2n) is 5.37. The lowest BCUT2D eigenvalue weighted by Gasteiger charge is -2.12. The summed E-state index contributed by atoms with van der Waals surface area (Å²) in [5, 5.41) is 6.20. The molecule has 2 aromatic rings. The molecular formula is C14H18ClN3S. The number of hydrogen-bond donors (Lipinski definition) is 1. The highest BCUT2D eigenvalue weighted by Crippen LogP contribution is 2.26. The summed E-state index contributed by atoms with van der Waals surface area (Å²) in [5.74, 6) is 0.506. The van der Waals surface area contributed by atoms with Crippen LogP contribution in [0, 0.1) is 5.92 Å². The number of aromatic nitrogens is 2. The van der Waals surface area contributed by atoms with Crippen molar-refractivity contribution < 1.29 is 0 Å². The fraction of sp³-hybridized carbons (Fsp3) is 0.500. The molecule has 2 heterocycles. The van der Waals surface area contributed by atoms with Gasteiger partial charge < -0.3 is 5.32 Å². The first-order valence-corrected chi connectivity index (χ1v) is 7.96. The Balaban J connectivity index is 1.90. The van der Waals surface area contributed by atoms with Crippen LogP contribution in [0.15, 0.2) is 17.2 Å². The van der Waals surface area contributed by atoms with Crippen molar-refractivity contribution in [3.63, 3.8) is 0 Å². The molecule has 0 atom stereocenters. The number of halogens is 1. The van der Waals surface area contributed by atoms with Crippen molar-refractivity contribution in [1.29, 1.82) is 0 Å². The molecule has 1 fully saturated rings. The number of imidazole rings is 1. The van der Waals surface area contributed by atoms with Gasteiger partial charge in [-0.1, -0.05) is 31.0 Å². The highest BCUT2D eigenvalue weighted by atomic mass is 35.5. The van der Waals surface area contributed by atoms with Crippen molar-refractivity contribution in [3.05, 3.63) is 28.0 Å². The van der Waals surface area contributed by atoms with Gasteiger partial charge in [0.1, 0.15) is 0 Å². The van der Waals surface area contributed by atoms with Crippen LogP contribution in [0.1, 0.15) is 32.4 Å². The number of rotatable bonds is 5. The minimum atomic E-state index is 0.506. The Morgan fingerprint density at radius 2 is 2.42 bits per heavy atom. The lowest BCUT2D eigenvalue weighted by molar-refractivity contribution is 0.662. The van der Waals surface area contributed by atoms with Gasteiger partial charge >= 0.3 is 0 Å². The van der Waals surface area contributed by atoms with Crippen LogP contribution in [0.25, 0.3) is 11.0 Å². The molecule has 5 heteroatoms. The minimum Gasteiger partial charge on any atom is -0.310 e. The maximum absolute atomic E-state index is 6.24. The van der Waals surface area contributed by atoms with Crippen molar-refractivity contribution >= 4 is 34.0 Å². The Kier molecular flexibility index (Phi) is 3.65. The number of nitrogens with one attached hydrogen (secondary N) is 1. The van der Waals surface area contributed by atoms with Crippen LogP contribution in [0.4, 0.5) is 0 Å². The van der Waals surface area contributed by atoms with Gasteiger partial charge in [-0.05, 0) is 24.8 Å². The molecular weight excluding hydrogens is 278 g/mol. The summed E-state index contributed by atoms with van der Waals surface area (Å²) in [6.45, 7) is 5.39. The molecule has 0 radical (unpaired) electrons. The zero-order valence-corrected chi connectivity index (χ0v) is 12.8. The van der Waals surface area contributed by atoms with Gasteiger partial charge in [0.25, 0.3) is 0 Å². The van der Waals surface area contributed by atoms with E-state index < -0.39 is 0 Å². The first-order chi connectivity index (χ1) is 9.15. The molecule has 0 aromatic carbocycles. The number of nitrogens with zero attached hydrogens (tertiary/aromatic N) is 2. The largest absolute Gasteiger partial charge is 0.310 e. The van der Waals surface area contributed by atoms with Crippen molar-refractivity contribution in [1.82, 2.24) is 14.7 Å². The molecule has 3 rings (SSSR count). The first kappa shape index (κ1) is 13.2. The van der Waals surface area contributed by atoms with Crippen molar-refractivity contribution in [2.75, 3.05) is 6.54 Å². The van der Waals surface area contributed by atoms with E-state index in [2.05, 4.69) is 34.6 Å². The van der Waals surface area contributed by atoms with Crippen LogP contribution < -0.4 is 5.32 Å². The topological polar surface area (TPSA) is 29.3 Å². The van der Waals surface area contributed by atoms with Gasteiger partial charge in [0, 0.05) is 24.2 Å². The van der Waals surface area contributed by atoms with E-state index in [4.69, 9.17) is 11.6 Å². The van der Waals surface area contributed by atoms with E-state index in [-0.39, 0.29) is 0 Å². The van der Waals surface area contributed by atoms with E-state index in [1.807, 2.05) is 11.6 Å². The predicted octanol–water partition coefficient (Wildman–Crippen LogP) is 3.84. The standard InChI is InChI=1S/C14H18ClN3S/c1-9(2)10(8-16-11-3-4-11)7-12-13(15)17-14-18(12)5-6-19-14/h5-7,9,11,16H,3-4,8H2,1-2H3. The number of thiazole rings is 1. The average molecular weight is 296 g/mol. The molecule has 0 aliphatic heterocycles. The van der Waals surface area contributed by atoms with E-state index in [0.29, 0.717) is 11.1 Å². The molecule has 102 valence electrons. The van der Waals surface area contributed by atoms with E-state index in [1.54, 1.807) is 11.3 Å². The first-order valence-electron chi connectivity index (χ1n) is 6.70. The Morgan fingerprint density at radius 1 is 1.63 bits per heavy atom. The van der Waals surface area contributed by atoms with Crippen LogP contribution >= 0.6 is 22.9 Å². The van der Waals surface area contributed by atoms with Crippen LogP contribution in [-0.4, -0.2) is 22.0 Å². The van der Waals surface area contributed by atoms with Gasteiger partial charge in [-0.25, -0.2) is 4.98 Å². The molecule has 1 N–H and O–H groups in total. The van der Waals surface area contributed by atoms with Gasteiger partial charge in [-0.3, -0.25) is 4.40 Å². The summed E-state index contributed by atoms with van der Waals surface area (Å²) in [7, 11) is 0. The van der Waals surface area contributed by atoms with Crippen LogP contribution in [-0.2, 0) is 0 Å². The zero-order chi connectivity index (χ0) is 13.4. The molecule has 0 saturated heterocycles. The molecule has 1 saturated carbocycles. The minimum absolute atomic E-state index is 0.506. The number of hydrogen-bond acceptors (Lipinski definition) is 3. The van der Waals surface area contributed by atoms with Gasteiger partial charge in [0.2, 0.25) is 0 Å². The molecule has 19 heavy (non-hydrogen) atoms. The predicted molar refractivity (Wildman–Crippen MR) is 81.9 cm³/mol. The summed E-state index contributed by atoms with van der Waals surface area (Å²) in [6.07, 6.45) is 6.84. The maximum Gasteiger partial charge on any atom is 0.195 e. The third-order valence-electron chi connectivity index (χ3n) is 3.49. The Bertz CT molecular complexity index is 607. The third-order valence-corrected chi connectivity index (χ3v) is 4.52. The zero-order valence-electron chi connectivity index (χ0n) is 11.2. The molecule has 1 aliphatic carbocycles. The lowest BCUT2D eigenvalue weighted by Crippen LogP contribution is -2.21. The molecule has 0 amide bonds. The average Bonchev–Trinajstić information content (AvgIpc) is 3.00. The summed E-state index contributed by atoms with van der Waals surface area (Å²) in [6, 6.07) is 0.726. The Labute approximate surface area is 122 Å². The van der Waals surface area contributed by atoms with E-state index in [9.17, 15) is 0 Å². The van der Waals surface area contributed by atoms with Crippen molar-refractivity contribution in [2.24, 2.45) is 5.92 Å². The maximum atomic E-state index is 6.24. The van der Waals surface area contributed by atoms with Gasteiger partial charge in [-0.15, -0.1) is 11.3 Å². The van der Waals surface area contributed by atoms with Crippen LogP contribution in [0.2, 0.25) is 5.15 Å².